The first-order valence-corrected chi connectivity index (χ1v) is 6.74. The Kier molecular flexibility index (Phi) is 3.24. The number of hydrogen-bond donors (Lipinski definition) is 1. The Balaban J connectivity index is 1.81. The second kappa shape index (κ2) is 5.02. The van der Waals surface area contributed by atoms with Crippen LogP contribution in [0.5, 0.6) is 5.75 Å². The van der Waals surface area contributed by atoms with Crippen LogP contribution in [0, 0.1) is 0 Å². The largest absolute Gasteiger partial charge is 0.508 e. The van der Waals surface area contributed by atoms with E-state index < -0.39 is 0 Å². The van der Waals surface area contributed by atoms with Crippen molar-refractivity contribution in [1.82, 2.24) is 4.90 Å². The first-order valence-electron chi connectivity index (χ1n) is 6.74. The van der Waals surface area contributed by atoms with Gasteiger partial charge in [0.05, 0.1) is 6.26 Å². The van der Waals surface area contributed by atoms with Crippen molar-refractivity contribution in [2.24, 2.45) is 0 Å². The first-order chi connectivity index (χ1) is 8.83. The zero-order chi connectivity index (χ0) is 12.4. The third kappa shape index (κ3) is 2.36. The van der Waals surface area contributed by atoms with Crippen LogP contribution in [-0.2, 0) is 6.54 Å². The van der Waals surface area contributed by atoms with Crippen LogP contribution in [0.2, 0.25) is 0 Å². The highest BCUT2D eigenvalue weighted by Gasteiger charge is 2.13. The third-order valence-electron chi connectivity index (χ3n) is 3.73. The molecule has 0 spiro atoms. The van der Waals surface area contributed by atoms with E-state index in [1.54, 1.807) is 12.1 Å². The van der Waals surface area contributed by atoms with Crippen molar-refractivity contribution >= 4 is 11.0 Å². The summed E-state index contributed by atoms with van der Waals surface area (Å²) in [6.45, 7) is 3.33. The van der Waals surface area contributed by atoms with Crippen molar-refractivity contribution in [3.05, 3.63) is 30.0 Å². The predicted molar refractivity (Wildman–Crippen MR) is 71.6 cm³/mol. The fraction of sp³-hybridized carbons (Fsp3) is 0.467. The highest BCUT2D eigenvalue weighted by Crippen LogP contribution is 2.26. The average molecular weight is 245 g/mol. The molecule has 0 aliphatic carbocycles. The summed E-state index contributed by atoms with van der Waals surface area (Å²) in [7, 11) is 0. The molecule has 1 aromatic carbocycles. The molecular weight excluding hydrogens is 226 g/mol. The van der Waals surface area contributed by atoms with Crippen molar-refractivity contribution in [2.75, 3.05) is 13.1 Å². The summed E-state index contributed by atoms with van der Waals surface area (Å²) in [6, 6.07) is 5.35. The topological polar surface area (TPSA) is 36.6 Å². The molecule has 0 atom stereocenters. The van der Waals surface area contributed by atoms with Gasteiger partial charge in [-0.2, -0.15) is 0 Å². The average Bonchev–Trinajstić information content (AvgIpc) is 2.59. The van der Waals surface area contributed by atoms with Gasteiger partial charge in [0.2, 0.25) is 0 Å². The van der Waals surface area contributed by atoms with Gasteiger partial charge in [0, 0.05) is 23.6 Å². The molecule has 1 saturated heterocycles. The molecule has 1 N–H and O–H groups in total. The maximum absolute atomic E-state index is 9.43. The molecule has 2 heterocycles. The summed E-state index contributed by atoms with van der Waals surface area (Å²) in [5, 5.41) is 10.5. The van der Waals surface area contributed by atoms with Gasteiger partial charge >= 0.3 is 0 Å². The van der Waals surface area contributed by atoms with Gasteiger partial charge in [0.1, 0.15) is 11.3 Å². The van der Waals surface area contributed by atoms with Crippen molar-refractivity contribution < 1.29 is 9.52 Å². The Hall–Kier alpha value is -1.48. The van der Waals surface area contributed by atoms with E-state index in [1.807, 2.05) is 12.3 Å². The molecular formula is C15H19NO2. The van der Waals surface area contributed by atoms with E-state index >= 15 is 0 Å². The van der Waals surface area contributed by atoms with Gasteiger partial charge in [-0.15, -0.1) is 0 Å². The van der Waals surface area contributed by atoms with Crippen LogP contribution < -0.4 is 0 Å². The maximum atomic E-state index is 9.43. The zero-order valence-corrected chi connectivity index (χ0v) is 10.6. The second-order valence-electron chi connectivity index (χ2n) is 5.13. The number of hydrogen-bond acceptors (Lipinski definition) is 3. The quantitative estimate of drug-likeness (QED) is 0.879. The lowest BCUT2D eigenvalue weighted by atomic mass is 10.1. The number of rotatable bonds is 2. The third-order valence-corrected chi connectivity index (χ3v) is 3.73. The molecule has 0 unspecified atom stereocenters. The molecule has 1 fully saturated rings. The molecule has 2 aromatic rings. The van der Waals surface area contributed by atoms with Crippen LogP contribution in [0.3, 0.4) is 0 Å². The molecule has 3 nitrogen and oxygen atoms in total. The smallest absolute Gasteiger partial charge is 0.137 e. The van der Waals surface area contributed by atoms with E-state index in [-0.39, 0.29) is 5.75 Å². The van der Waals surface area contributed by atoms with Gasteiger partial charge in [0.15, 0.2) is 0 Å². The van der Waals surface area contributed by atoms with Crippen LogP contribution in [0.15, 0.2) is 28.9 Å². The zero-order valence-electron chi connectivity index (χ0n) is 10.6. The molecule has 3 heteroatoms. The van der Waals surface area contributed by atoms with Crippen LogP contribution in [0.4, 0.5) is 0 Å². The fourth-order valence-electron chi connectivity index (χ4n) is 2.73. The molecule has 1 aliphatic heterocycles. The minimum atomic E-state index is 0.262. The summed E-state index contributed by atoms with van der Waals surface area (Å²) in [6.07, 6.45) is 7.15. The van der Waals surface area contributed by atoms with Crippen molar-refractivity contribution in [1.29, 1.82) is 0 Å². The molecule has 1 aliphatic rings. The molecule has 3 rings (SSSR count). The number of nitrogens with zero attached hydrogens (tertiary/aromatic N) is 1. The predicted octanol–water partition coefficient (Wildman–Crippen LogP) is 3.51. The number of likely N-dealkylation sites (tertiary alicyclic amines) is 1. The standard InChI is InChI=1S/C15H19NO2/c17-13-5-6-14-12(11-18-15(14)9-13)10-16-7-3-1-2-4-8-16/h5-6,9,11,17H,1-4,7-8,10H2. The molecule has 0 amide bonds. The van der Waals surface area contributed by atoms with E-state index in [0.29, 0.717) is 0 Å². The second-order valence-corrected chi connectivity index (χ2v) is 5.13. The summed E-state index contributed by atoms with van der Waals surface area (Å²) < 4.78 is 5.52. The van der Waals surface area contributed by atoms with Crippen molar-refractivity contribution in [3.8, 4) is 5.75 Å². The molecule has 0 radical (unpaired) electrons. The van der Waals surface area contributed by atoms with Crippen LogP contribution in [0.1, 0.15) is 31.2 Å². The number of benzene rings is 1. The van der Waals surface area contributed by atoms with Crippen LogP contribution in [-0.4, -0.2) is 23.1 Å². The molecule has 18 heavy (non-hydrogen) atoms. The van der Waals surface area contributed by atoms with Crippen LogP contribution >= 0.6 is 0 Å². The van der Waals surface area contributed by atoms with E-state index in [0.717, 1.165) is 17.5 Å². The Morgan fingerprint density at radius 3 is 2.67 bits per heavy atom. The van der Waals surface area contributed by atoms with E-state index in [4.69, 9.17) is 4.42 Å². The highest BCUT2D eigenvalue weighted by molar-refractivity contribution is 5.82. The van der Waals surface area contributed by atoms with Gasteiger partial charge in [-0.25, -0.2) is 0 Å². The lowest BCUT2D eigenvalue weighted by Gasteiger charge is -2.18. The Labute approximate surface area is 107 Å². The minimum Gasteiger partial charge on any atom is -0.508 e. The van der Waals surface area contributed by atoms with Gasteiger partial charge < -0.3 is 9.52 Å². The summed E-state index contributed by atoms with van der Waals surface area (Å²) in [5.74, 6) is 0.262. The number of phenolic OH excluding ortho intramolecular Hbond substituents is 1. The molecule has 96 valence electrons. The highest BCUT2D eigenvalue weighted by atomic mass is 16.3. The monoisotopic (exact) mass is 245 g/mol. The Bertz CT molecular complexity index is 524. The maximum Gasteiger partial charge on any atom is 0.137 e. The Morgan fingerprint density at radius 1 is 1.11 bits per heavy atom. The van der Waals surface area contributed by atoms with Gasteiger partial charge in [-0.05, 0) is 38.1 Å². The SMILES string of the molecule is Oc1ccc2c(CN3CCCCCC3)coc2c1. The van der Waals surface area contributed by atoms with Gasteiger partial charge in [-0.1, -0.05) is 12.8 Å². The fourth-order valence-corrected chi connectivity index (χ4v) is 2.73. The van der Waals surface area contributed by atoms with Gasteiger partial charge in [0.25, 0.3) is 0 Å². The summed E-state index contributed by atoms with van der Waals surface area (Å²) in [5.41, 5.74) is 2.01. The van der Waals surface area contributed by atoms with Crippen molar-refractivity contribution in [3.63, 3.8) is 0 Å². The first kappa shape index (κ1) is 11.6. The lowest BCUT2D eigenvalue weighted by Crippen LogP contribution is -2.23. The normalized spacial score (nSPS) is 18.0. The van der Waals surface area contributed by atoms with E-state index in [2.05, 4.69) is 4.90 Å². The van der Waals surface area contributed by atoms with Crippen LogP contribution in [0.25, 0.3) is 11.0 Å². The van der Waals surface area contributed by atoms with Crippen molar-refractivity contribution in [2.45, 2.75) is 32.2 Å². The number of fused-ring (bicyclic) bond motifs is 1. The summed E-state index contributed by atoms with van der Waals surface area (Å²) in [4.78, 5) is 2.50. The van der Waals surface area contributed by atoms with Gasteiger partial charge in [-0.3, -0.25) is 4.90 Å². The minimum absolute atomic E-state index is 0.262. The lowest BCUT2D eigenvalue weighted by molar-refractivity contribution is 0.277. The molecule has 0 bridgehead atoms. The molecule has 1 aromatic heterocycles. The number of aromatic hydroxyl groups is 1. The molecule has 0 saturated carbocycles. The summed E-state index contributed by atoms with van der Waals surface area (Å²) >= 11 is 0. The Morgan fingerprint density at radius 2 is 1.89 bits per heavy atom. The number of furan rings is 1. The van der Waals surface area contributed by atoms with E-state index in [1.165, 1.54) is 44.3 Å². The van der Waals surface area contributed by atoms with E-state index in [9.17, 15) is 5.11 Å². The number of phenols is 1.